The van der Waals surface area contributed by atoms with Crippen LogP contribution in [0.1, 0.15) is 16.7 Å². The first-order valence-electron chi connectivity index (χ1n) is 7.51. The lowest BCUT2D eigenvalue weighted by Gasteiger charge is -2.42. The summed E-state index contributed by atoms with van der Waals surface area (Å²) in [4.78, 5) is 0. The van der Waals surface area contributed by atoms with E-state index in [1.54, 1.807) is 12.1 Å². The SMILES string of the molecule is Clc1cccc(C(c2ccccc2)(c2ccccc2)C(Cl)(Cl)Cl)c1Cl. The average molecular weight is 431 g/mol. The van der Waals surface area contributed by atoms with Crippen LogP contribution in [-0.4, -0.2) is 3.79 Å². The van der Waals surface area contributed by atoms with Crippen LogP contribution >= 0.6 is 58.0 Å². The second-order valence-corrected chi connectivity index (χ2v) is 8.65. The van der Waals surface area contributed by atoms with Crippen LogP contribution in [0.4, 0.5) is 0 Å². The fraction of sp³-hybridized carbons (Fsp3) is 0.100. The van der Waals surface area contributed by atoms with E-state index in [0.29, 0.717) is 15.6 Å². The van der Waals surface area contributed by atoms with E-state index in [9.17, 15) is 0 Å². The van der Waals surface area contributed by atoms with Gasteiger partial charge in [0.05, 0.1) is 15.5 Å². The third-order valence-corrected chi connectivity index (χ3v) is 5.86. The highest BCUT2D eigenvalue weighted by molar-refractivity contribution is 6.69. The van der Waals surface area contributed by atoms with E-state index >= 15 is 0 Å². The lowest BCUT2D eigenvalue weighted by atomic mass is 9.70. The number of rotatable bonds is 3. The maximum absolute atomic E-state index is 6.61. The molecule has 0 amide bonds. The Morgan fingerprint density at radius 2 is 1.04 bits per heavy atom. The Balaban J connectivity index is 2.49. The van der Waals surface area contributed by atoms with Crippen molar-refractivity contribution in [1.29, 1.82) is 0 Å². The first-order valence-corrected chi connectivity index (χ1v) is 9.40. The van der Waals surface area contributed by atoms with Crippen LogP contribution in [-0.2, 0) is 5.41 Å². The largest absolute Gasteiger partial charge is 0.208 e. The minimum absolute atomic E-state index is 0.364. The van der Waals surface area contributed by atoms with Crippen molar-refractivity contribution in [3.05, 3.63) is 106 Å². The van der Waals surface area contributed by atoms with Crippen LogP contribution in [0.15, 0.2) is 78.9 Å². The summed E-state index contributed by atoms with van der Waals surface area (Å²) >= 11 is 32.7. The molecule has 0 saturated heterocycles. The molecular formula is C20H13Cl5. The van der Waals surface area contributed by atoms with Crippen LogP contribution in [0.25, 0.3) is 0 Å². The standard InChI is InChI=1S/C20H13Cl5/c21-17-13-7-12-16(18(17)22)19(20(23,24)25,14-8-3-1-4-9-14)15-10-5-2-6-11-15/h1-13H. The molecule has 3 rings (SSSR count). The molecule has 5 heteroatoms. The molecule has 0 aliphatic heterocycles. The molecule has 0 N–H and O–H groups in total. The fourth-order valence-electron chi connectivity index (χ4n) is 3.13. The molecule has 3 aromatic rings. The monoisotopic (exact) mass is 428 g/mol. The molecule has 0 radical (unpaired) electrons. The molecule has 0 bridgehead atoms. The van der Waals surface area contributed by atoms with E-state index in [1.807, 2.05) is 66.7 Å². The molecule has 0 unspecified atom stereocenters. The van der Waals surface area contributed by atoms with Gasteiger partial charge >= 0.3 is 0 Å². The molecule has 0 aromatic heterocycles. The van der Waals surface area contributed by atoms with Gasteiger partial charge in [0.25, 0.3) is 0 Å². The lowest BCUT2D eigenvalue weighted by molar-refractivity contribution is 0.633. The molecule has 0 nitrogen and oxygen atoms in total. The van der Waals surface area contributed by atoms with Crippen LogP contribution in [0, 0.1) is 0 Å². The predicted octanol–water partition coefficient (Wildman–Crippen LogP) is 7.70. The third kappa shape index (κ3) is 3.27. The van der Waals surface area contributed by atoms with Gasteiger partial charge in [-0.3, -0.25) is 0 Å². The van der Waals surface area contributed by atoms with Gasteiger partial charge in [-0.05, 0) is 22.8 Å². The van der Waals surface area contributed by atoms with Crippen molar-refractivity contribution in [2.24, 2.45) is 0 Å². The van der Waals surface area contributed by atoms with Crippen molar-refractivity contribution in [2.75, 3.05) is 0 Å². The van der Waals surface area contributed by atoms with Crippen LogP contribution in [0.3, 0.4) is 0 Å². The van der Waals surface area contributed by atoms with Crippen molar-refractivity contribution < 1.29 is 0 Å². The molecular weight excluding hydrogens is 417 g/mol. The quantitative estimate of drug-likeness (QED) is 0.295. The average Bonchev–Trinajstić information content (AvgIpc) is 2.60. The Morgan fingerprint density at radius 3 is 1.48 bits per heavy atom. The molecule has 0 fully saturated rings. The van der Waals surface area contributed by atoms with Crippen LogP contribution in [0.2, 0.25) is 10.0 Å². The summed E-state index contributed by atoms with van der Waals surface area (Å²) in [5.41, 5.74) is 1.14. The molecule has 0 saturated carbocycles. The summed E-state index contributed by atoms with van der Waals surface area (Å²) < 4.78 is -1.72. The summed E-state index contributed by atoms with van der Waals surface area (Å²) in [5.74, 6) is 0. The Bertz CT molecular complexity index is 815. The maximum atomic E-state index is 6.61. The zero-order valence-electron chi connectivity index (χ0n) is 12.9. The number of hydrogen-bond acceptors (Lipinski definition) is 0. The fourth-order valence-corrected chi connectivity index (χ4v) is 4.53. The van der Waals surface area contributed by atoms with E-state index in [1.165, 1.54) is 0 Å². The van der Waals surface area contributed by atoms with Crippen molar-refractivity contribution in [3.63, 3.8) is 0 Å². The van der Waals surface area contributed by atoms with Gasteiger partial charge in [-0.2, -0.15) is 0 Å². The van der Waals surface area contributed by atoms with Gasteiger partial charge in [-0.15, -0.1) is 0 Å². The van der Waals surface area contributed by atoms with Crippen molar-refractivity contribution in [2.45, 2.75) is 9.21 Å². The van der Waals surface area contributed by atoms with Crippen LogP contribution < -0.4 is 0 Å². The van der Waals surface area contributed by atoms with Gasteiger partial charge in [0.15, 0.2) is 0 Å². The smallest absolute Gasteiger partial charge is 0.0827 e. The minimum Gasteiger partial charge on any atom is -0.0827 e. The first kappa shape index (κ1) is 18.9. The van der Waals surface area contributed by atoms with Crippen LogP contribution in [0.5, 0.6) is 0 Å². The van der Waals surface area contributed by atoms with E-state index < -0.39 is 9.21 Å². The van der Waals surface area contributed by atoms with Crippen molar-refractivity contribution in [3.8, 4) is 0 Å². The van der Waals surface area contributed by atoms with Crippen molar-refractivity contribution >= 4 is 58.0 Å². The second kappa shape index (κ2) is 7.39. The lowest BCUT2D eigenvalue weighted by Crippen LogP contribution is -2.42. The van der Waals surface area contributed by atoms with Gasteiger partial charge in [0.2, 0.25) is 3.79 Å². The molecule has 128 valence electrons. The number of alkyl halides is 3. The van der Waals surface area contributed by atoms with E-state index in [-0.39, 0.29) is 0 Å². The zero-order valence-corrected chi connectivity index (χ0v) is 16.7. The zero-order chi connectivity index (χ0) is 18.1. The summed E-state index contributed by atoms with van der Waals surface area (Å²) in [5, 5.41) is 0.771. The van der Waals surface area contributed by atoms with Gasteiger partial charge < -0.3 is 0 Å². The maximum Gasteiger partial charge on any atom is 0.208 e. The summed E-state index contributed by atoms with van der Waals surface area (Å²) in [6.45, 7) is 0. The van der Waals surface area contributed by atoms with E-state index in [2.05, 4.69) is 0 Å². The Kier molecular flexibility index (Phi) is 5.58. The predicted molar refractivity (Wildman–Crippen MR) is 110 cm³/mol. The minimum atomic E-state index is -1.72. The summed E-state index contributed by atoms with van der Waals surface area (Å²) in [6, 6.07) is 24.5. The highest BCUT2D eigenvalue weighted by atomic mass is 35.6. The summed E-state index contributed by atoms with van der Waals surface area (Å²) in [6.07, 6.45) is 0. The number of hydrogen-bond donors (Lipinski definition) is 0. The normalized spacial score (nSPS) is 12.2. The molecule has 3 aromatic carbocycles. The Hall–Kier alpha value is -0.890. The highest BCUT2D eigenvalue weighted by Gasteiger charge is 2.53. The topological polar surface area (TPSA) is 0 Å². The highest BCUT2D eigenvalue weighted by Crippen LogP contribution is 2.57. The molecule has 0 atom stereocenters. The molecule has 0 spiro atoms. The number of benzene rings is 3. The third-order valence-electron chi connectivity index (χ3n) is 4.19. The van der Waals surface area contributed by atoms with E-state index in [4.69, 9.17) is 58.0 Å². The van der Waals surface area contributed by atoms with Crippen molar-refractivity contribution in [1.82, 2.24) is 0 Å². The van der Waals surface area contributed by atoms with Gasteiger partial charge in [-0.1, -0.05) is 131 Å². The first-order chi connectivity index (χ1) is 11.9. The Labute approximate surface area is 172 Å². The van der Waals surface area contributed by atoms with Gasteiger partial charge in [-0.25, -0.2) is 0 Å². The van der Waals surface area contributed by atoms with Gasteiger partial charge in [0.1, 0.15) is 0 Å². The molecule has 0 heterocycles. The number of halogens is 5. The molecule has 0 aliphatic carbocycles. The molecule has 0 aliphatic rings. The summed E-state index contributed by atoms with van der Waals surface area (Å²) in [7, 11) is 0. The molecule has 25 heavy (non-hydrogen) atoms. The second-order valence-electron chi connectivity index (χ2n) is 5.58. The van der Waals surface area contributed by atoms with E-state index in [0.717, 1.165) is 11.1 Å². The Morgan fingerprint density at radius 1 is 0.560 bits per heavy atom. The van der Waals surface area contributed by atoms with Gasteiger partial charge in [0, 0.05) is 0 Å².